The van der Waals surface area contributed by atoms with Gasteiger partial charge < -0.3 is 21.1 Å². The SMILES string of the molecule is NC(=O)[C@H](Cc1ccc(-c2ccccc2)cc1)Nc1cncc(F)c1CC[C@@H]1CNCC2(CCCCC2)O1. The molecule has 1 saturated heterocycles. The molecule has 6 nitrogen and oxygen atoms in total. The van der Waals surface area contributed by atoms with Gasteiger partial charge in [-0.25, -0.2) is 4.39 Å². The molecular weight excluding hydrogens is 479 g/mol. The summed E-state index contributed by atoms with van der Waals surface area (Å²) in [7, 11) is 0. The minimum atomic E-state index is -0.696. The Morgan fingerprint density at radius 1 is 1.08 bits per heavy atom. The molecule has 0 unspecified atom stereocenters. The number of primary amides is 1. The third-order valence-electron chi connectivity index (χ3n) is 7.90. The number of hydrogen-bond acceptors (Lipinski definition) is 5. The Balaban J connectivity index is 1.25. The van der Waals surface area contributed by atoms with Gasteiger partial charge in [-0.05, 0) is 42.4 Å². The van der Waals surface area contributed by atoms with Crippen LogP contribution in [0.1, 0.15) is 49.7 Å². The summed E-state index contributed by atoms with van der Waals surface area (Å²) in [6.45, 7) is 1.66. The van der Waals surface area contributed by atoms with Crippen LogP contribution >= 0.6 is 0 Å². The van der Waals surface area contributed by atoms with Crippen LogP contribution in [0.3, 0.4) is 0 Å². The second kappa shape index (κ2) is 12.0. The van der Waals surface area contributed by atoms with Crippen molar-refractivity contribution >= 4 is 11.6 Å². The molecule has 7 heteroatoms. The fraction of sp³-hybridized carbons (Fsp3) is 0.419. The fourth-order valence-corrected chi connectivity index (χ4v) is 5.81. The number of nitrogens with two attached hydrogens (primary N) is 1. The Bertz CT molecular complexity index is 1210. The number of ether oxygens (including phenoxy) is 1. The molecule has 2 aliphatic rings. The smallest absolute Gasteiger partial charge is 0.240 e. The molecule has 2 heterocycles. The van der Waals surface area contributed by atoms with Crippen molar-refractivity contribution in [3.63, 3.8) is 0 Å². The Morgan fingerprint density at radius 3 is 2.55 bits per heavy atom. The van der Waals surface area contributed by atoms with Gasteiger partial charge >= 0.3 is 0 Å². The van der Waals surface area contributed by atoms with Crippen LogP contribution < -0.4 is 16.4 Å². The van der Waals surface area contributed by atoms with Crippen LogP contribution in [0.5, 0.6) is 0 Å². The minimum absolute atomic E-state index is 0.0253. The van der Waals surface area contributed by atoms with E-state index in [0.29, 0.717) is 30.5 Å². The van der Waals surface area contributed by atoms with Crippen LogP contribution in [0.25, 0.3) is 11.1 Å². The number of pyridine rings is 1. The Morgan fingerprint density at radius 2 is 1.82 bits per heavy atom. The van der Waals surface area contributed by atoms with E-state index in [4.69, 9.17) is 10.5 Å². The summed E-state index contributed by atoms with van der Waals surface area (Å²) in [6, 6.07) is 17.5. The molecule has 5 rings (SSSR count). The molecule has 2 atom stereocenters. The van der Waals surface area contributed by atoms with Crippen LogP contribution in [-0.4, -0.2) is 41.7 Å². The van der Waals surface area contributed by atoms with Gasteiger partial charge in [0.15, 0.2) is 0 Å². The van der Waals surface area contributed by atoms with E-state index in [-0.39, 0.29) is 17.5 Å². The lowest BCUT2D eigenvalue weighted by Crippen LogP contribution is -2.54. The van der Waals surface area contributed by atoms with Gasteiger partial charge in [0, 0.05) is 25.1 Å². The molecule has 1 aromatic heterocycles. The summed E-state index contributed by atoms with van der Waals surface area (Å²) in [6.07, 6.45) is 10.2. The van der Waals surface area contributed by atoms with Crippen LogP contribution in [0.2, 0.25) is 0 Å². The molecule has 2 fully saturated rings. The summed E-state index contributed by atoms with van der Waals surface area (Å²) >= 11 is 0. The molecule has 38 heavy (non-hydrogen) atoms. The van der Waals surface area contributed by atoms with Gasteiger partial charge in [-0.1, -0.05) is 73.9 Å². The predicted octanol–water partition coefficient (Wildman–Crippen LogP) is 5.02. The number of benzene rings is 2. The van der Waals surface area contributed by atoms with Crippen molar-refractivity contribution in [1.29, 1.82) is 0 Å². The van der Waals surface area contributed by atoms with E-state index in [1.807, 2.05) is 42.5 Å². The standard InChI is InChI=1S/C31H37FN4O2/c32-27-19-34-20-29(26(27)14-13-25-18-35-21-31(38-25)15-5-2-6-16-31)36-28(30(33)37)17-22-9-11-24(12-10-22)23-7-3-1-4-8-23/h1,3-4,7-12,19-20,25,28,35-36H,2,5-6,13-18,21H2,(H2,33,37)/t25-,28+/m1/s1. The first-order valence-corrected chi connectivity index (χ1v) is 13.7. The van der Waals surface area contributed by atoms with E-state index in [1.54, 1.807) is 6.20 Å². The Labute approximate surface area is 224 Å². The number of aromatic nitrogens is 1. The Kier molecular flexibility index (Phi) is 8.35. The van der Waals surface area contributed by atoms with Gasteiger partial charge in [-0.3, -0.25) is 9.78 Å². The number of nitrogens with zero attached hydrogens (tertiary/aromatic N) is 1. The molecular formula is C31H37FN4O2. The molecule has 0 radical (unpaired) electrons. The molecule has 200 valence electrons. The number of carbonyl (C=O) groups is 1. The Hall–Kier alpha value is -3.29. The first-order valence-electron chi connectivity index (χ1n) is 13.7. The lowest BCUT2D eigenvalue weighted by Gasteiger charge is -2.44. The number of anilines is 1. The zero-order valence-corrected chi connectivity index (χ0v) is 21.8. The topological polar surface area (TPSA) is 89.3 Å². The first-order chi connectivity index (χ1) is 18.5. The molecule has 3 aromatic rings. The summed E-state index contributed by atoms with van der Waals surface area (Å²) in [4.78, 5) is 16.4. The average Bonchev–Trinajstić information content (AvgIpc) is 2.94. The van der Waals surface area contributed by atoms with Gasteiger partial charge in [0.05, 0.1) is 29.8 Å². The summed E-state index contributed by atoms with van der Waals surface area (Å²) < 4.78 is 21.5. The number of rotatable bonds is 9. The summed E-state index contributed by atoms with van der Waals surface area (Å²) in [5, 5.41) is 6.74. The third-order valence-corrected chi connectivity index (χ3v) is 7.90. The van der Waals surface area contributed by atoms with Gasteiger partial charge in [-0.15, -0.1) is 0 Å². The van der Waals surface area contributed by atoms with E-state index in [2.05, 4.69) is 27.8 Å². The summed E-state index contributed by atoms with van der Waals surface area (Å²) in [5.41, 5.74) is 9.90. The number of amides is 1. The van der Waals surface area contributed by atoms with Gasteiger partial charge in [0.25, 0.3) is 0 Å². The van der Waals surface area contributed by atoms with Gasteiger partial charge in [0.1, 0.15) is 11.9 Å². The largest absolute Gasteiger partial charge is 0.372 e. The molecule has 1 amide bonds. The van der Waals surface area contributed by atoms with Crippen molar-refractivity contribution in [2.24, 2.45) is 5.73 Å². The third kappa shape index (κ3) is 6.40. The lowest BCUT2D eigenvalue weighted by molar-refractivity contribution is -0.135. The average molecular weight is 517 g/mol. The fourth-order valence-electron chi connectivity index (χ4n) is 5.81. The highest BCUT2D eigenvalue weighted by Crippen LogP contribution is 2.35. The maximum atomic E-state index is 15.0. The van der Waals surface area contributed by atoms with Crippen molar-refractivity contribution in [2.45, 2.75) is 69.1 Å². The van der Waals surface area contributed by atoms with E-state index >= 15 is 0 Å². The lowest BCUT2D eigenvalue weighted by atomic mass is 9.83. The van der Waals surface area contributed by atoms with Crippen LogP contribution in [0, 0.1) is 5.82 Å². The number of morpholine rings is 1. The summed E-state index contributed by atoms with van der Waals surface area (Å²) in [5.74, 6) is -0.881. The molecule has 4 N–H and O–H groups in total. The van der Waals surface area contributed by atoms with E-state index in [0.717, 1.165) is 42.6 Å². The second-order valence-electron chi connectivity index (χ2n) is 10.7. The molecule has 1 aliphatic heterocycles. The normalized spacial score (nSPS) is 19.7. The van der Waals surface area contributed by atoms with E-state index in [1.165, 1.54) is 25.5 Å². The van der Waals surface area contributed by atoms with Crippen molar-refractivity contribution < 1.29 is 13.9 Å². The molecule has 1 spiro atoms. The van der Waals surface area contributed by atoms with Crippen molar-refractivity contribution in [1.82, 2.24) is 10.3 Å². The maximum absolute atomic E-state index is 15.0. The highest BCUT2D eigenvalue weighted by atomic mass is 19.1. The second-order valence-corrected chi connectivity index (χ2v) is 10.7. The van der Waals surface area contributed by atoms with Crippen LogP contribution in [0.4, 0.5) is 10.1 Å². The molecule has 2 aromatic carbocycles. The zero-order valence-electron chi connectivity index (χ0n) is 21.8. The highest BCUT2D eigenvalue weighted by molar-refractivity contribution is 5.83. The number of carbonyl (C=O) groups excluding carboxylic acids is 1. The van der Waals surface area contributed by atoms with Gasteiger partial charge in [-0.2, -0.15) is 0 Å². The minimum Gasteiger partial charge on any atom is -0.372 e. The van der Waals surface area contributed by atoms with Crippen molar-refractivity contribution in [2.75, 3.05) is 18.4 Å². The molecule has 1 saturated carbocycles. The zero-order chi connectivity index (χ0) is 26.4. The van der Waals surface area contributed by atoms with E-state index < -0.39 is 11.9 Å². The number of hydrogen-bond donors (Lipinski definition) is 3. The quantitative estimate of drug-likeness (QED) is 0.372. The molecule has 1 aliphatic carbocycles. The molecule has 0 bridgehead atoms. The first kappa shape index (κ1) is 26.3. The van der Waals surface area contributed by atoms with E-state index in [9.17, 15) is 9.18 Å². The van der Waals surface area contributed by atoms with Crippen molar-refractivity contribution in [3.05, 3.63) is 83.9 Å². The van der Waals surface area contributed by atoms with Crippen molar-refractivity contribution in [3.8, 4) is 11.1 Å². The number of nitrogens with one attached hydrogen (secondary N) is 2. The predicted molar refractivity (Wildman–Crippen MR) is 148 cm³/mol. The van der Waals surface area contributed by atoms with Crippen LogP contribution in [-0.2, 0) is 22.4 Å². The maximum Gasteiger partial charge on any atom is 0.240 e. The monoisotopic (exact) mass is 516 g/mol. The van der Waals surface area contributed by atoms with Crippen LogP contribution in [0.15, 0.2) is 67.0 Å². The van der Waals surface area contributed by atoms with Gasteiger partial charge in [0.2, 0.25) is 5.91 Å². The number of halogens is 1. The highest BCUT2D eigenvalue weighted by Gasteiger charge is 2.38.